The van der Waals surface area contributed by atoms with Gasteiger partial charge in [0.25, 0.3) is 0 Å². The minimum atomic E-state index is -0.847. The second-order valence-electron chi connectivity index (χ2n) is 4.85. The van der Waals surface area contributed by atoms with Crippen LogP contribution in [0.1, 0.15) is 24.5 Å². The van der Waals surface area contributed by atoms with Crippen LogP contribution in [0.5, 0.6) is 5.75 Å². The maximum absolute atomic E-state index is 11.1. The molecule has 1 aromatic carbocycles. The summed E-state index contributed by atoms with van der Waals surface area (Å²) in [6, 6.07) is 6.59. The number of benzene rings is 1. The molecule has 1 aliphatic carbocycles. The number of aliphatic carboxylic acids is 1. The van der Waals surface area contributed by atoms with Gasteiger partial charge in [0.1, 0.15) is 11.8 Å². The van der Waals surface area contributed by atoms with E-state index in [4.69, 9.17) is 9.84 Å². The Morgan fingerprint density at radius 2 is 2.26 bits per heavy atom. The SMILES string of the molecule is COc1cccc(C(O)CNC(C(=O)O)C2CC2)c1. The third-order valence-electron chi connectivity index (χ3n) is 3.37. The van der Waals surface area contributed by atoms with Crippen molar-refractivity contribution in [1.29, 1.82) is 0 Å². The average molecular weight is 265 g/mol. The fraction of sp³-hybridized carbons (Fsp3) is 0.500. The van der Waals surface area contributed by atoms with Crippen LogP contribution in [-0.4, -0.2) is 35.9 Å². The lowest BCUT2D eigenvalue weighted by Gasteiger charge is -2.17. The molecule has 0 heterocycles. The average Bonchev–Trinajstić information content (AvgIpc) is 3.23. The third kappa shape index (κ3) is 3.68. The van der Waals surface area contributed by atoms with Gasteiger partial charge in [0.2, 0.25) is 0 Å². The summed E-state index contributed by atoms with van der Waals surface area (Å²) in [5, 5.41) is 22.1. The fourth-order valence-electron chi connectivity index (χ4n) is 2.09. The molecule has 2 unspecified atom stereocenters. The third-order valence-corrected chi connectivity index (χ3v) is 3.37. The van der Waals surface area contributed by atoms with Crippen molar-refractivity contribution in [2.75, 3.05) is 13.7 Å². The second-order valence-corrected chi connectivity index (χ2v) is 4.85. The lowest BCUT2D eigenvalue weighted by Crippen LogP contribution is -2.40. The molecular formula is C14H19NO4. The van der Waals surface area contributed by atoms with Gasteiger partial charge < -0.3 is 20.3 Å². The molecular weight excluding hydrogens is 246 g/mol. The summed E-state index contributed by atoms with van der Waals surface area (Å²) in [4.78, 5) is 11.1. The summed E-state index contributed by atoms with van der Waals surface area (Å²) in [6.45, 7) is 0.223. The number of aliphatic hydroxyl groups is 1. The minimum Gasteiger partial charge on any atom is -0.497 e. The highest BCUT2D eigenvalue weighted by Gasteiger charge is 2.36. The van der Waals surface area contributed by atoms with Crippen molar-refractivity contribution in [3.8, 4) is 5.75 Å². The molecule has 0 aliphatic heterocycles. The number of methoxy groups -OCH3 is 1. The molecule has 5 heteroatoms. The number of carbonyl (C=O) groups is 1. The first-order valence-corrected chi connectivity index (χ1v) is 6.40. The zero-order valence-corrected chi connectivity index (χ0v) is 10.9. The van der Waals surface area contributed by atoms with Gasteiger partial charge in [-0.3, -0.25) is 4.79 Å². The molecule has 1 aliphatic rings. The predicted octanol–water partition coefficient (Wildman–Crippen LogP) is 1.18. The number of aliphatic hydroxyl groups excluding tert-OH is 1. The van der Waals surface area contributed by atoms with Crippen LogP contribution in [0.2, 0.25) is 0 Å². The van der Waals surface area contributed by atoms with Crippen LogP contribution in [-0.2, 0) is 4.79 Å². The van der Waals surface area contributed by atoms with Gasteiger partial charge in [0.15, 0.2) is 0 Å². The summed E-state index contributed by atoms with van der Waals surface area (Å²) in [5.41, 5.74) is 0.715. The van der Waals surface area contributed by atoms with Crippen LogP contribution in [0.3, 0.4) is 0 Å². The van der Waals surface area contributed by atoms with Crippen LogP contribution in [0.25, 0.3) is 0 Å². The first kappa shape index (κ1) is 13.8. The van der Waals surface area contributed by atoms with E-state index in [1.807, 2.05) is 0 Å². The van der Waals surface area contributed by atoms with Crippen LogP contribution < -0.4 is 10.1 Å². The van der Waals surface area contributed by atoms with E-state index in [9.17, 15) is 9.90 Å². The first-order valence-electron chi connectivity index (χ1n) is 6.40. The maximum Gasteiger partial charge on any atom is 0.320 e. The molecule has 2 atom stereocenters. The summed E-state index contributed by atoms with van der Waals surface area (Å²) >= 11 is 0. The molecule has 0 bridgehead atoms. The Labute approximate surface area is 112 Å². The van der Waals surface area contributed by atoms with E-state index in [0.29, 0.717) is 11.3 Å². The maximum atomic E-state index is 11.1. The number of carboxylic acid groups (broad SMARTS) is 1. The van der Waals surface area contributed by atoms with Crippen molar-refractivity contribution in [1.82, 2.24) is 5.32 Å². The molecule has 1 fully saturated rings. The Morgan fingerprint density at radius 1 is 1.53 bits per heavy atom. The highest BCUT2D eigenvalue weighted by molar-refractivity contribution is 5.74. The van der Waals surface area contributed by atoms with Crippen molar-refractivity contribution in [2.24, 2.45) is 5.92 Å². The Bertz CT molecular complexity index is 445. The van der Waals surface area contributed by atoms with Crippen LogP contribution in [0.4, 0.5) is 0 Å². The van der Waals surface area contributed by atoms with Gasteiger partial charge in [-0.25, -0.2) is 0 Å². The minimum absolute atomic E-state index is 0.204. The largest absolute Gasteiger partial charge is 0.497 e. The number of ether oxygens (including phenoxy) is 1. The van der Waals surface area contributed by atoms with Gasteiger partial charge in [-0.2, -0.15) is 0 Å². The van der Waals surface area contributed by atoms with Crippen LogP contribution in [0.15, 0.2) is 24.3 Å². The van der Waals surface area contributed by atoms with Crippen molar-refractivity contribution in [3.05, 3.63) is 29.8 Å². The van der Waals surface area contributed by atoms with E-state index >= 15 is 0 Å². The van der Waals surface area contributed by atoms with Crippen LogP contribution in [0, 0.1) is 5.92 Å². The standard InChI is InChI=1S/C14H19NO4/c1-19-11-4-2-3-10(7-11)12(16)8-15-13(14(17)18)9-5-6-9/h2-4,7,9,12-13,15-16H,5-6,8H2,1H3,(H,17,18). The monoisotopic (exact) mass is 265 g/mol. The molecule has 5 nitrogen and oxygen atoms in total. The topological polar surface area (TPSA) is 78.8 Å². The van der Waals surface area contributed by atoms with E-state index in [0.717, 1.165) is 12.8 Å². The number of nitrogens with one attached hydrogen (secondary N) is 1. The number of hydrogen-bond donors (Lipinski definition) is 3. The second kappa shape index (κ2) is 6.04. The molecule has 1 aromatic rings. The smallest absolute Gasteiger partial charge is 0.320 e. The van der Waals surface area contributed by atoms with E-state index < -0.39 is 18.1 Å². The Kier molecular flexibility index (Phi) is 4.39. The molecule has 0 amide bonds. The molecule has 19 heavy (non-hydrogen) atoms. The van der Waals surface area contributed by atoms with E-state index in [1.165, 1.54) is 0 Å². The molecule has 1 saturated carbocycles. The Hall–Kier alpha value is -1.59. The molecule has 104 valence electrons. The van der Waals surface area contributed by atoms with Gasteiger partial charge in [-0.15, -0.1) is 0 Å². The van der Waals surface area contributed by atoms with E-state index in [2.05, 4.69) is 5.32 Å². The zero-order valence-electron chi connectivity index (χ0n) is 10.9. The highest BCUT2D eigenvalue weighted by atomic mass is 16.5. The fourth-order valence-corrected chi connectivity index (χ4v) is 2.09. The normalized spacial score (nSPS) is 17.8. The van der Waals surface area contributed by atoms with Crippen LogP contribution >= 0.6 is 0 Å². The van der Waals surface area contributed by atoms with E-state index in [-0.39, 0.29) is 12.5 Å². The summed E-state index contributed by atoms with van der Waals surface area (Å²) in [5.74, 6) is 0.0314. The number of rotatable bonds is 7. The molecule has 0 aromatic heterocycles. The highest BCUT2D eigenvalue weighted by Crippen LogP contribution is 2.33. The van der Waals surface area contributed by atoms with Crippen molar-refractivity contribution < 1.29 is 19.7 Å². The summed E-state index contributed by atoms with van der Waals surface area (Å²) in [6.07, 6.45) is 1.15. The van der Waals surface area contributed by atoms with Gasteiger partial charge in [0.05, 0.1) is 13.2 Å². The molecule has 3 N–H and O–H groups in total. The first-order chi connectivity index (χ1) is 9.11. The summed E-state index contributed by atoms with van der Waals surface area (Å²) < 4.78 is 5.09. The molecule has 0 radical (unpaired) electrons. The molecule has 0 saturated heterocycles. The van der Waals surface area contributed by atoms with Gasteiger partial charge in [-0.1, -0.05) is 12.1 Å². The molecule has 2 rings (SSSR count). The summed E-state index contributed by atoms with van der Waals surface area (Å²) in [7, 11) is 1.57. The van der Waals surface area contributed by atoms with Crippen molar-refractivity contribution >= 4 is 5.97 Å². The van der Waals surface area contributed by atoms with Crippen molar-refractivity contribution in [2.45, 2.75) is 25.0 Å². The molecule has 0 spiro atoms. The lowest BCUT2D eigenvalue weighted by atomic mass is 10.1. The van der Waals surface area contributed by atoms with Gasteiger partial charge in [-0.05, 0) is 36.5 Å². The quantitative estimate of drug-likeness (QED) is 0.690. The lowest BCUT2D eigenvalue weighted by molar-refractivity contribution is -0.140. The Morgan fingerprint density at radius 3 is 2.84 bits per heavy atom. The van der Waals surface area contributed by atoms with E-state index in [1.54, 1.807) is 31.4 Å². The van der Waals surface area contributed by atoms with Gasteiger partial charge >= 0.3 is 5.97 Å². The number of hydrogen-bond acceptors (Lipinski definition) is 4. The van der Waals surface area contributed by atoms with Gasteiger partial charge in [0, 0.05) is 6.54 Å². The zero-order chi connectivity index (χ0) is 13.8. The Balaban J connectivity index is 1.92. The number of carboxylic acids is 1. The van der Waals surface area contributed by atoms with Crippen molar-refractivity contribution in [3.63, 3.8) is 0 Å². The predicted molar refractivity (Wildman–Crippen MR) is 70.1 cm³/mol.